The number of hydrogen-bond acceptors (Lipinski definition) is 2. The summed E-state index contributed by atoms with van der Waals surface area (Å²) in [6.07, 6.45) is 8.49. The Kier molecular flexibility index (Phi) is 5.62. The van der Waals surface area contributed by atoms with Crippen LogP contribution in [0, 0.1) is 0 Å². The quantitative estimate of drug-likeness (QED) is 0.604. The van der Waals surface area contributed by atoms with Gasteiger partial charge in [-0.2, -0.15) is 0 Å². The van der Waals surface area contributed by atoms with Crippen LogP contribution >= 0.6 is 11.3 Å². The maximum absolute atomic E-state index is 10.7. The molecule has 1 atom stereocenters. The van der Waals surface area contributed by atoms with Gasteiger partial charge in [0.1, 0.15) is 0 Å². The van der Waals surface area contributed by atoms with Crippen molar-refractivity contribution in [3.8, 4) is 0 Å². The average molecular weight is 290 g/mol. The third kappa shape index (κ3) is 4.07. The Morgan fingerprint density at radius 1 is 1.05 bits per heavy atom. The third-order valence-electron chi connectivity index (χ3n) is 3.97. The number of rotatable bonds is 8. The number of hydrogen-bond donors (Lipinski definition) is 1. The molecular formula is C18H26OS. The van der Waals surface area contributed by atoms with Crippen molar-refractivity contribution < 1.29 is 5.11 Å². The highest BCUT2D eigenvalue weighted by Crippen LogP contribution is 2.36. The molecule has 2 heteroatoms. The molecule has 0 saturated carbocycles. The lowest BCUT2D eigenvalue weighted by molar-refractivity contribution is 0.0486. The molecule has 20 heavy (non-hydrogen) atoms. The summed E-state index contributed by atoms with van der Waals surface area (Å²) in [6, 6.07) is 10.5. The lowest BCUT2D eigenvalue weighted by Crippen LogP contribution is -2.19. The molecule has 0 amide bonds. The number of aliphatic hydroxyl groups is 1. The van der Waals surface area contributed by atoms with Gasteiger partial charge in [0.05, 0.1) is 5.60 Å². The molecule has 110 valence electrons. The van der Waals surface area contributed by atoms with Crippen molar-refractivity contribution in [1.82, 2.24) is 0 Å². The molecule has 1 aromatic carbocycles. The zero-order chi connectivity index (χ0) is 14.4. The van der Waals surface area contributed by atoms with Crippen LogP contribution in [0.15, 0.2) is 30.3 Å². The second-order valence-corrected chi connectivity index (χ2v) is 7.02. The van der Waals surface area contributed by atoms with Crippen LogP contribution < -0.4 is 0 Å². The molecule has 0 aliphatic rings. The maximum atomic E-state index is 10.7. The largest absolute Gasteiger partial charge is 0.385 e. The predicted octanol–water partition coefficient (Wildman–Crippen LogP) is 5.86. The van der Waals surface area contributed by atoms with Crippen LogP contribution in [0.25, 0.3) is 10.1 Å². The Morgan fingerprint density at radius 2 is 1.75 bits per heavy atom. The molecule has 1 heterocycles. The fourth-order valence-corrected chi connectivity index (χ4v) is 3.76. The topological polar surface area (TPSA) is 20.2 Å². The first-order chi connectivity index (χ1) is 9.63. The highest BCUT2D eigenvalue weighted by molar-refractivity contribution is 7.19. The van der Waals surface area contributed by atoms with E-state index in [0.29, 0.717) is 0 Å². The summed E-state index contributed by atoms with van der Waals surface area (Å²) in [7, 11) is 0. The summed E-state index contributed by atoms with van der Waals surface area (Å²) in [5, 5.41) is 11.9. The van der Waals surface area contributed by atoms with E-state index in [2.05, 4.69) is 37.3 Å². The van der Waals surface area contributed by atoms with Gasteiger partial charge in [-0.05, 0) is 30.9 Å². The van der Waals surface area contributed by atoms with Gasteiger partial charge in [0.25, 0.3) is 0 Å². The molecule has 1 N–H and O–H groups in total. The molecule has 0 aliphatic carbocycles. The van der Waals surface area contributed by atoms with E-state index in [1.807, 2.05) is 6.92 Å². The van der Waals surface area contributed by atoms with Crippen molar-refractivity contribution in [2.24, 2.45) is 0 Å². The minimum atomic E-state index is -0.672. The smallest absolute Gasteiger partial charge is 0.0960 e. The fourth-order valence-electron chi connectivity index (χ4n) is 2.62. The van der Waals surface area contributed by atoms with E-state index in [9.17, 15) is 5.11 Å². The van der Waals surface area contributed by atoms with Crippen molar-refractivity contribution in [3.05, 3.63) is 35.2 Å². The Bertz CT molecular complexity index is 494. The van der Waals surface area contributed by atoms with Crippen molar-refractivity contribution in [2.75, 3.05) is 0 Å². The molecule has 1 unspecified atom stereocenters. The van der Waals surface area contributed by atoms with Crippen molar-refractivity contribution in [3.63, 3.8) is 0 Å². The van der Waals surface area contributed by atoms with E-state index in [-0.39, 0.29) is 0 Å². The number of unbranched alkanes of at least 4 members (excludes halogenated alkanes) is 5. The molecule has 0 bridgehead atoms. The van der Waals surface area contributed by atoms with E-state index >= 15 is 0 Å². The first-order valence-corrected chi connectivity index (χ1v) is 8.66. The summed E-state index contributed by atoms with van der Waals surface area (Å²) in [5.74, 6) is 0. The van der Waals surface area contributed by atoms with Crippen molar-refractivity contribution in [1.29, 1.82) is 0 Å². The summed E-state index contributed by atoms with van der Waals surface area (Å²) in [4.78, 5) is 1.10. The highest BCUT2D eigenvalue weighted by atomic mass is 32.1. The van der Waals surface area contributed by atoms with Crippen molar-refractivity contribution in [2.45, 2.75) is 64.4 Å². The van der Waals surface area contributed by atoms with Crippen LogP contribution in [-0.2, 0) is 5.60 Å². The van der Waals surface area contributed by atoms with Gasteiger partial charge in [0, 0.05) is 9.58 Å². The van der Waals surface area contributed by atoms with Gasteiger partial charge in [-0.25, -0.2) is 0 Å². The molecule has 0 radical (unpaired) electrons. The van der Waals surface area contributed by atoms with Crippen LogP contribution in [0.4, 0.5) is 0 Å². The van der Waals surface area contributed by atoms with Gasteiger partial charge >= 0.3 is 0 Å². The van der Waals surface area contributed by atoms with Gasteiger partial charge in [-0.3, -0.25) is 0 Å². The van der Waals surface area contributed by atoms with Crippen LogP contribution in [0.1, 0.15) is 63.7 Å². The van der Waals surface area contributed by atoms with Crippen LogP contribution in [0.2, 0.25) is 0 Å². The molecule has 2 rings (SSSR count). The minimum Gasteiger partial charge on any atom is -0.385 e. The molecule has 0 aliphatic heterocycles. The molecule has 1 aromatic heterocycles. The summed E-state index contributed by atoms with van der Waals surface area (Å²) < 4.78 is 1.27. The van der Waals surface area contributed by atoms with E-state index in [4.69, 9.17) is 0 Å². The van der Waals surface area contributed by atoms with Gasteiger partial charge < -0.3 is 5.11 Å². The summed E-state index contributed by atoms with van der Waals surface area (Å²) in [5.41, 5.74) is -0.672. The Labute approximate surface area is 126 Å². The van der Waals surface area contributed by atoms with E-state index < -0.39 is 5.60 Å². The SMILES string of the molecule is CCCCCCCCC(C)(O)c1cc2ccccc2s1. The highest BCUT2D eigenvalue weighted by Gasteiger charge is 2.24. The summed E-state index contributed by atoms with van der Waals surface area (Å²) in [6.45, 7) is 4.20. The zero-order valence-corrected chi connectivity index (χ0v) is 13.5. The van der Waals surface area contributed by atoms with Gasteiger partial charge in [-0.1, -0.05) is 63.6 Å². The molecule has 0 fully saturated rings. The first kappa shape index (κ1) is 15.5. The standard InChI is InChI=1S/C18H26OS/c1-3-4-5-6-7-10-13-18(2,19)17-14-15-11-8-9-12-16(15)20-17/h8-9,11-12,14,19H,3-7,10,13H2,1-2H3. The number of fused-ring (bicyclic) bond motifs is 1. The minimum absolute atomic E-state index is 0.672. The molecular weight excluding hydrogens is 264 g/mol. The van der Waals surface area contributed by atoms with Crippen LogP contribution in [0.5, 0.6) is 0 Å². The lowest BCUT2D eigenvalue weighted by Gasteiger charge is -2.21. The molecule has 0 spiro atoms. The third-order valence-corrected chi connectivity index (χ3v) is 5.34. The van der Waals surface area contributed by atoms with Gasteiger partial charge in [0.2, 0.25) is 0 Å². The van der Waals surface area contributed by atoms with Gasteiger partial charge in [0.15, 0.2) is 0 Å². The van der Waals surface area contributed by atoms with Gasteiger partial charge in [-0.15, -0.1) is 11.3 Å². The summed E-state index contributed by atoms with van der Waals surface area (Å²) >= 11 is 1.73. The van der Waals surface area contributed by atoms with E-state index in [1.54, 1.807) is 11.3 Å². The van der Waals surface area contributed by atoms with Crippen LogP contribution in [0.3, 0.4) is 0 Å². The fraction of sp³-hybridized carbons (Fsp3) is 0.556. The van der Waals surface area contributed by atoms with Crippen LogP contribution in [-0.4, -0.2) is 5.11 Å². The molecule has 1 nitrogen and oxygen atoms in total. The van der Waals surface area contributed by atoms with E-state index in [0.717, 1.165) is 17.7 Å². The molecule has 0 saturated heterocycles. The first-order valence-electron chi connectivity index (χ1n) is 7.85. The lowest BCUT2D eigenvalue weighted by atomic mass is 9.95. The Morgan fingerprint density at radius 3 is 2.50 bits per heavy atom. The zero-order valence-electron chi connectivity index (χ0n) is 12.7. The average Bonchev–Trinajstić information content (AvgIpc) is 2.87. The van der Waals surface area contributed by atoms with E-state index in [1.165, 1.54) is 42.2 Å². The Balaban J connectivity index is 1.89. The second-order valence-electron chi connectivity index (χ2n) is 5.94. The number of thiophene rings is 1. The monoisotopic (exact) mass is 290 g/mol. The number of benzene rings is 1. The second kappa shape index (κ2) is 7.24. The predicted molar refractivity (Wildman–Crippen MR) is 89.4 cm³/mol. The van der Waals surface area contributed by atoms with Crippen molar-refractivity contribution >= 4 is 21.4 Å². The normalized spacial score (nSPS) is 14.6. The Hall–Kier alpha value is -0.860. The molecule has 2 aromatic rings. The maximum Gasteiger partial charge on any atom is 0.0960 e.